The lowest BCUT2D eigenvalue weighted by Crippen LogP contribution is -2.37. The van der Waals surface area contributed by atoms with Crippen LogP contribution in [0.25, 0.3) is 5.69 Å². The first-order valence-electron chi connectivity index (χ1n) is 5.86. The SMILES string of the molecule is c1ccc(-n2ccnc2N2CCOCC2)cc1. The molecule has 0 atom stereocenters. The van der Waals surface area contributed by atoms with Crippen molar-refractivity contribution in [1.29, 1.82) is 0 Å². The number of nitrogens with zero attached hydrogens (tertiary/aromatic N) is 3. The van der Waals surface area contributed by atoms with Crippen LogP contribution >= 0.6 is 0 Å². The van der Waals surface area contributed by atoms with Crippen molar-refractivity contribution in [1.82, 2.24) is 9.55 Å². The summed E-state index contributed by atoms with van der Waals surface area (Å²) in [6, 6.07) is 10.3. The zero-order chi connectivity index (χ0) is 11.5. The number of benzene rings is 1. The lowest BCUT2D eigenvalue weighted by atomic mass is 10.3. The number of morpholine rings is 1. The summed E-state index contributed by atoms with van der Waals surface area (Å²) in [5.41, 5.74) is 1.14. The van der Waals surface area contributed by atoms with Crippen LogP contribution in [0.15, 0.2) is 42.7 Å². The number of aromatic nitrogens is 2. The zero-order valence-corrected chi connectivity index (χ0v) is 9.62. The molecule has 0 N–H and O–H groups in total. The normalized spacial score (nSPS) is 16.1. The molecule has 0 amide bonds. The van der Waals surface area contributed by atoms with Gasteiger partial charge in [-0.15, -0.1) is 0 Å². The average molecular weight is 229 g/mol. The van der Waals surface area contributed by atoms with Crippen LogP contribution in [0.1, 0.15) is 0 Å². The lowest BCUT2D eigenvalue weighted by molar-refractivity contribution is 0.122. The van der Waals surface area contributed by atoms with Crippen molar-refractivity contribution in [2.24, 2.45) is 0 Å². The van der Waals surface area contributed by atoms with Gasteiger partial charge in [-0.1, -0.05) is 18.2 Å². The summed E-state index contributed by atoms with van der Waals surface area (Å²) in [4.78, 5) is 6.71. The van der Waals surface area contributed by atoms with E-state index in [0.717, 1.165) is 37.9 Å². The molecule has 0 unspecified atom stereocenters. The minimum atomic E-state index is 0.779. The quantitative estimate of drug-likeness (QED) is 0.785. The molecule has 1 aromatic heterocycles. The van der Waals surface area contributed by atoms with Gasteiger partial charge in [-0.25, -0.2) is 4.98 Å². The van der Waals surface area contributed by atoms with E-state index in [9.17, 15) is 0 Å². The number of ether oxygens (including phenoxy) is 1. The summed E-state index contributed by atoms with van der Waals surface area (Å²) in [5, 5.41) is 0. The van der Waals surface area contributed by atoms with Crippen molar-refractivity contribution in [3.63, 3.8) is 0 Å². The van der Waals surface area contributed by atoms with Crippen LogP contribution in [0.2, 0.25) is 0 Å². The van der Waals surface area contributed by atoms with Gasteiger partial charge in [0.15, 0.2) is 0 Å². The number of rotatable bonds is 2. The number of para-hydroxylation sites is 1. The molecule has 1 aliphatic heterocycles. The lowest BCUT2D eigenvalue weighted by Gasteiger charge is -2.28. The van der Waals surface area contributed by atoms with Crippen LogP contribution in [-0.4, -0.2) is 35.9 Å². The summed E-state index contributed by atoms with van der Waals surface area (Å²) in [6.07, 6.45) is 3.85. The second-order valence-corrected chi connectivity index (χ2v) is 4.03. The van der Waals surface area contributed by atoms with Gasteiger partial charge < -0.3 is 9.64 Å². The first-order valence-corrected chi connectivity index (χ1v) is 5.86. The van der Waals surface area contributed by atoms with Crippen LogP contribution in [0.4, 0.5) is 5.95 Å². The Morgan fingerprint density at radius 1 is 1.06 bits per heavy atom. The van der Waals surface area contributed by atoms with Gasteiger partial charge in [0.05, 0.1) is 13.2 Å². The summed E-state index contributed by atoms with van der Waals surface area (Å²) >= 11 is 0. The first-order chi connectivity index (χ1) is 8.45. The van der Waals surface area contributed by atoms with E-state index in [1.54, 1.807) is 0 Å². The highest BCUT2D eigenvalue weighted by Crippen LogP contribution is 2.18. The van der Waals surface area contributed by atoms with Gasteiger partial charge in [0.1, 0.15) is 0 Å². The van der Waals surface area contributed by atoms with Crippen LogP contribution in [0.5, 0.6) is 0 Å². The highest BCUT2D eigenvalue weighted by Gasteiger charge is 2.16. The molecule has 2 heterocycles. The Balaban J connectivity index is 1.93. The van der Waals surface area contributed by atoms with Crippen molar-refractivity contribution < 1.29 is 4.74 Å². The highest BCUT2D eigenvalue weighted by atomic mass is 16.5. The Hall–Kier alpha value is -1.81. The van der Waals surface area contributed by atoms with E-state index in [1.807, 2.05) is 30.6 Å². The van der Waals surface area contributed by atoms with Crippen LogP contribution in [0, 0.1) is 0 Å². The van der Waals surface area contributed by atoms with E-state index in [2.05, 4.69) is 26.6 Å². The van der Waals surface area contributed by atoms with Crippen molar-refractivity contribution in [2.45, 2.75) is 0 Å². The van der Waals surface area contributed by atoms with E-state index in [0.29, 0.717) is 0 Å². The minimum Gasteiger partial charge on any atom is -0.378 e. The maximum absolute atomic E-state index is 5.36. The minimum absolute atomic E-state index is 0.779. The van der Waals surface area contributed by atoms with Gasteiger partial charge in [-0.3, -0.25) is 4.57 Å². The number of hydrogen-bond acceptors (Lipinski definition) is 3. The molecule has 0 radical (unpaired) electrons. The van der Waals surface area contributed by atoms with Crippen molar-refractivity contribution in [3.8, 4) is 5.69 Å². The molecule has 3 rings (SSSR count). The van der Waals surface area contributed by atoms with E-state index >= 15 is 0 Å². The molecular weight excluding hydrogens is 214 g/mol. The molecule has 4 heteroatoms. The molecule has 1 aromatic carbocycles. The summed E-state index contributed by atoms with van der Waals surface area (Å²) in [5.74, 6) is 1.000. The van der Waals surface area contributed by atoms with Crippen molar-refractivity contribution in [2.75, 3.05) is 31.2 Å². The highest BCUT2D eigenvalue weighted by molar-refractivity contribution is 5.43. The molecule has 88 valence electrons. The summed E-state index contributed by atoms with van der Waals surface area (Å²) < 4.78 is 7.48. The predicted octanol–water partition coefficient (Wildman–Crippen LogP) is 1.71. The smallest absolute Gasteiger partial charge is 0.210 e. The van der Waals surface area contributed by atoms with Crippen LogP contribution in [-0.2, 0) is 4.74 Å². The molecule has 0 bridgehead atoms. The van der Waals surface area contributed by atoms with E-state index in [-0.39, 0.29) is 0 Å². The van der Waals surface area contributed by atoms with E-state index < -0.39 is 0 Å². The second kappa shape index (κ2) is 4.59. The molecule has 4 nitrogen and oxygen atoms in total. The standard InChI is InChI=1S/C13H15N3O/c1-2-4-12(5-3-1)16-7-6-14-13(16)15-8-10-17-11-9-15/h1-7H,8-11H2. The fourth-order valence-corrected chi connectivity index (χ4v) is 2.08. The zero-order valence-electron chi connectivity index (χ0n) is 9.62. The molecule has 1 aliphatic rings. The third-order valence-corrected chi connectivity index (χ3v) is 2.95. The van der Waals surface area contributed by atoms with Crippen LogP contribution in [0.3, 0.4) is 0 Å². The van der Waals surface area contributed by atoms with E-state index in [1.165, 1.54) is 0 Å². The topological polar surface area (TPSA) is 30.3 Å². The largest absolute Gasteiger partial charge is 0.378 e. The first kappa shape index (κ1) is 10.4. The number of anilines is 1. The molecule has 1 fully saturated rings. The second-order valence-electron chi connectivity index (χ2n) is 4.03. The molecular formula is C13H15N3O. The van der Waals surface area contributed by atoms with Gasteiger partial charge >= 0.3 is 0 Å². The summed E-state index contributed by atoms with van der Waals surface area (Å²) in [7, 11) is 0. The summed E-state index contributed by atoms with van der Waals surface area (Å²) in [6.45, 7) is 3.37. The fraction of sp³-hybridized carbons (Fsp3) is 0.308. The molecule has 0 aliphatic carbocycles. The maximum Gasteiger partial charge on any atom is 0.210 e. The Kier molecular flexibility index (Phi) is 2.80. The molecule has 0 saturated carbocycles. The van der Waals surface area contributed by atoms with Crippen molar-refractivity contribution in [3.05, 3.63) is 42.7 Å². The van der Waals surface area contributed by atoms with Gasteiger partial charge in [-0.2, -0.15) is 0 Å². The molecule has 2 aromatic rings. The van der Waals surface area contributed by atoms with Crippen molar-refractivity contribution >= 4 is 5.95 Å². The monoisotopic (exact) mass is 229 g/mol. The van der Waals surface area contributed by atoms with Gasteiger partial charge in [0.2, 0.25) is 5.95 Å². The molecule has 0 spiro atoms. The Morgan fingerprint density at radius 3 is 2.59 bits per heavy atom. The van der Waals surface area contributed by atoms with Gasteiger partial charge in [-0.05, 0) is 12.1 Å². The van der Waals surface area contributed by atoms with Gasteiger partial charge in [0, 0.05) is 31.2 Å². The number of hydrogen-bond donors (Lipinski definition) is 0. The average Bonchev–Trinajstić information content (AvgIpc) is 2.90. The fourth-order valence-electron chi connectivity index (χ4n) is 2.08. The Labute approximate surface area is 100 Å². The van der Waals surface area contributed by atoms with Crippen LogP contribution < -0.4 is 4.90 Å². The van der Waals surface area contributed by atoms with E-state index in [4.69, 9.17) is 4.74 Å². The Bertz CT molecular complexity index is 474. The third-order valence-electron chi connectivity index (χ3n) is 2.95. The van der Waals surface area contributed by atoms with Gasteiger partial charge in [0.25, 0.3) is 0 Å². The maximum atomic E-state index is 5.36. The molecule has 17 heavy (non-hydrogen) atoms. The predicted molar refractivity (Wildman–Crippen MR) is 66.6 cm³/mol. The Morgan fingerprint density at radius 2 is 1.82 bits per heavy atom. The molecule has 1 saturated heterocycles. The number of imidazole rings is 1. The third kappa shape index (κ3) is 2.03.